The fraction of sp³-hybridized carbons (Fsp3) is 0. The number of nitrogens with zero attached hydrogens (tertiary/aromatic N) is 4. The third-order valence-electron chi connectivity index (χ3n) is 1.91. The van der Waals surface area contributed by atoms with Gasteiger partial charge in [0.2, 0.25) is 0 Å². The molecule has 0 aliphatic carbocycles. The van der Waals surface area contributed by atoms with Gasteiger partial charge in [-0.15, -0.1) is 21.5 Å². The first-order valence-corrected chi connectivity index (χ1v) is 4.63. The summed E-state index contributed by atoms with van der Waals surface area (Å²) in [6, 6.07) is 3.94. The number of hydrogen-bond donors (Lipinski definition) is 0. The SMILES string of the molecule is c1nc2c(ccc3nnncc32)s1. The zero-order chi connectivity index (χ0) is 8.67. The van der Waals surface area contributed by atoms with Gasteiger partial charge in [0.25, 0.3) is 0 Å². The Labute approximate surface area is 77.3 Å². The molecule has 3 aromatic rings. The molecule has 0 unspecified atom stereocenters. The molecule has 0 bridgehead atoms. The molecule has 1 aromatic carbocycles. The van der Waals surface area contributed by atoms with Crippen molar-refractivity contribution in [1.29, 1.82) is 0 Å². The molecular weight excluding hydrogens is 184 g/mol. The molecule has 0 fully saturated rings. The summed E-state index contributed by atoms with van der Waals surface area (Å²) < 4.78 is 1.15. The van der Waals surface area contributed by atoms with Gasteiger partial charge in [0.05, 0.1) is 27.4 Å². The van der Waals surface area contributed by atoms with E-state index in [2.05, 4.69) is 20.4 Å². The van der Waals surface area contributed by atoms with Crippen LogP contribution in [0.3, 0.4) is 0 Å². The highest BCUT2D eigenvalue weighted by Crippen LogP contribution is 2.24. The first kappa shape index (κ1) is 6.85. The van der Waals surface area contributed by atoms with Gasteiger partial charge in [-0.25, -0.2) is 4.98 Å². The van der Waals surface area contributed by atoms with Gasteiger partial charge in [-0.1, -0.05) is 0 Å². The molecule has 0 spiro atoms. The van der Waals surface area contributed by atoms with Crippen LogP contribution in [0.4, 0.5) is 0 Å². The van der Waals surface area contributed by atoms with Crippen LogP contribution < -0.4 is 0 Å². The highest BCUT2D eigenvalue weighted by atomic mass is 32.1. The molecule has 4 nitrogen and oxygen atoms in total. The molecule has 0 saturated heterocycles. The Bertz CT molecular complexity index is 574. The maximum Gasteiger partial charge on any atom is 0.0986 e. The van der Waals surface area contributed by atoms with E-state index in [1.54, 1.807) is 17.5 Å². The quantitative estimate of drug-likeness (QED) is 0.538. The summed E-state index contributed by atoms with van der Waals surface area (Å²) >= 11 is 1.62. The number of rotatable bonds is 0. The molecule has 0 radical (unpaired) electrons. The smallest absolute Gasteiger partial charge is 0.0986 e. The van der Waals surface area contributed by atoms with Crippen molar-refractivity contribution in [2.24, 2.45) is 0 Å². The van der Waals surface area contributed by atoms with Crippen LogP contribution in [0.5, 0.6) is 0 Å². The van der Waals surface area contributed by atoms with Crippen LogP contribution >= 0.6 is 11.3 Å². The summed E-state index contributed by atoms with van der Waals surface area (Å²) in [5.41, 5.74) is 3.63. The Morgan fingerprint density at radius 2 is 2.23 bits per heavy atom. The van der Waals surface area contributed by atoms with E-state index >= 15 is 0 Å². The van der Waals surface area contributed by atoms with E-state index in [1.807, 2.05) is 17.6 Å². The molecule has 62 valence electrons. The van der Waals surface area contributed by atoms with Crippen LogP contribution in [0.1, 0.15) is 0 Å². The maximum absolute atomic E-state index is 4.26. The predicted octanol–water partition coefficient (Wildman–Crippen LogP) is 1.63. The lowest BCUT2D eigenvalue weighted by atomic mass is 10.2. The number of thiazole rings is 1. The van der Waals surface area contributed by atoms with E-state index in [0.29, 0.717) is 0 Å². The highest BCUT2D eigenvalue weighted by Gasteiger charge is 2.03. The Morgan fingerprint density at radius 3 is 3.23 bits per heavy atom. The van der Waals surface area contributed by atoms with Crippen molar-refractivity contribution < 1.29 is 0 Å². The summed E-state index contributed by atoms with van der Waals surface area (Å²) in [5, 5.41) is 12.2. The third kappa shape index (κ3) is 0.905. The molecular formula is C8H4N4S. The Hall–Kier alpha value is -1.62. The normalized spacial score (nSPS) is 11.1. The molecule has 0 atom stereocenters. The van der Waals surface area contributed by atoms with Gasteiger partial charge < -0.3 is 0 Å². The predicted molar refractivity (Wildman–Crippen MR) is 50.5 cm³/mol. The fourth-order valence-electron chi connectivity index (χ4n) is 1.31. The van der Waals surface area contributed by atoms with Crippen molar-refractivity contribution in [1.82, 2.24) is 20.4 Å². The van der Waals surface area contributed by atoms with Gasteiger partial charge in [0, 0.05) is 5.39 Å². The Morgan fingerprint density at radius 1 is 1.23 bits per heavy atom. The van der Waals surface area contributed by atoms with Gasteiger partial charge in [-0.2, -0.15) is 0 Å². The van der Waals surface area contributed by atoms with Gasteiger partial charge in [0.15, 0.2) is 0 Å². The molecule has 0 N–H and O–H groups in total. The Kier molecular flexibility index (Phi) is 1.28. The van der Waals surface area contributed by atoms with E-state index in [-0.39, 0.29) is 0 Å². The van der Waals surface area contributed by atoms with Crippen molar-refractivity contribution in [3.05, 3.63) is 23.8 Å². The van der Waals surface area contributed by atoms with E-state index in [9.17, 15) is 0 Å². The molecule has 0 amide bonds. The second-order valence-corrected chi connectivity index (χ2v) is 3.52. The summed E-state index contributed by atoms with van der Waals surface area (Å²) in [6.45, 7) is 0. The van der Waals surface area contributed by atoms with Crippen LogP contribution in [0.2, 0.25) is 0 Å². The fourth-order valence-corrected chi connectivity index (χ4v) is 2.01. The first-order valence-electron chi connectivity index (χ1n) is 3.75. The van der Waals surface area contributed by atoms with E-state index in [1.165, 1.54) is 0 Å². The largest absolute Gasteiger partial charge is 0.244 e. The van der Waals surface area contributed by atoms with Crippen LogP contribution in [0.25, 0.3) is 21.1 Å². The Balaban J connectivity index is 2.65. The summed E-state index contributed by atoms with van der Waals surface area (Å²) in [4.78, 5) is 4.26. The van der Waals surface area contributed by atoms with Crippen LogP contribution in [-0.4, -0.2) is 20.4 Å². The van der Waals surface area contributed by atoms with Crippen LogP contribution in [0, 0.1) is 0 Å². The summed E-state index contributed by atoms with van der Waals surface area (Å²) in [5.74, 6) is 0. The molecule has 5 heteroatoms. The van der Waals surface area contributed by atoms with Crippen molar-refractivity contribution in [3.63, 3.8) is 0 Å². The van der Waals surface area contributed by atoms with Crippen molar-refractivity contribution >= 4 is 32.5 Å². The van der Waals surface area contributed by atoms with E-state index in [4.69, 9.17) is 0 Å². The summed E-state index contributed by atoms with van der Waals surface area (Å²) in [6.07, 6.45) is 1.70. The minimum Gasteiger partial charge on any atom is -0.244 e. The molecule has 0 aliphatic rings. The molecule has 0 aliphatic heterocycles. The third-order valence-corrected chi connectivity index (χ3v) is 2.70. The minimum absolute atomic E-state index is 0.841. The molecule has 3 rings (SSSR count). The number of aromatic nitrogens is 4. The number of benzene rings is 1. The second-order valence-electron chi connectivity index (χ2n) is 2.63. The highest BCUT2D eigenvalue weighted by molar-refractivity contribution is 7.16. The van der Waals surface area contributed by atoms with Crippen LogP contribution in [0.15, 0.2) is 23.8 Å². The van der Waals surface area contributed by atoms with Gasteiger partial charge >= 0.3 is 0 Å². The number of hydrogen-bond acceptors (Lipinski definition) is 5. The molecule has 2 aromatic heterocycles. The standard InChI is InChI=1S/C8H4N4S/c1-2-7-8(9-4-13-7)5-3-10-12-11-6(1)5/h1-4H. The van der Waals surface area contributed by atoms with Gasteiger partial charge in [-0.05, 0) is 17.3 Å². The van der Waals surface area contributed by atoms with Crippen LogP contribution in [-0.2, 0) is 0 Å². The van der Waals surface area contributed by atoms with Crippen molar-refractivity contribution in [3.8, 4) is 0 Å². The first-order chi connectivity index (χ1) is 6.45. The minimum atomic E-state index is 0.841. The second kappa shape index (κ2) is 2.43. The van der Waals surface area contributed by atoms with Gasteiger partial charge in [0.1, 0.15) is 0 Å². The van der Waals surface area contributed by atoms with Crippen molar-refractivity contribution in [2.45, 2.75) is 0 Å². The maximum atomic E-state index is 4.26. The monoisotopic (exact) mass is 188 g/mol. The molecule has 2 heterocycles. The van der Waals surface area contributed by atoms with E-state index < -0.39 is 0 Å². The lowest BCUT2D eigenvalue weighted by Crippen LogP contribution is -1.86. The average Bonchev–Trinajstić information content (AvgIpc) is 2.65. The zero-order valence-electron chi connectivity index (χ0n) is 6.51. The molecule has 0 saturated carbocycles. The van der Waals surface area contributed by atoms with Crippen molar-refractivity contribution in [2.75, 3.05) is 0 Å². The lowest BCUT2D eigenvalue weighted by Gasteiger charge is -1.93. The lowest BCUT2D eigenvalue weighted by molar-refractivity contribution is 0.896. The molecule has 13 heavy (non-hydrogen) atoms. The topological polar surface area (TPSA) is 51.6 Å². The number of fused-ring (bicyclic) bond motifs is 3. The zero-order valence-corrected chi connectivity index (χ0v) is 7.32. The van der Waals surface area contributed by atoms with Gasteiger partial charge in [-0.3, -0.25) is 0 Å². The average molecular weight is 188 g/mol. The van der Waals surface area contributed by atoms with E-state index in [0.717, 1.165) is 21.1 Å². The summed E-state index contributed by atoms with van der Waals surface area (Å²) in [7, 11) is 0.